The highest BCUT2D eigenvalue weighted by atomic mass is 19.4. The maximum absolute atomic E-state index is 13.4. The molecule has 0 unspecified atom stereocenters. The lowest BCUT2D eigenvalue weighted by molar-refractivity contribution is -0.136. The molecule has 6 nitrogen and oxygen atoms in total. The third kappa shape index (κ3) is 4.03. The molecule has 0 spiro atoms. The molecule has 0 bridgehead atoms. The number of halogens is 3. The summed E-state index contributed by atoms with van der Waals surface area (Å²) >= 11 is 0. The molecule has 29 heavy (non-hydrogen) atoms. The van der Waals surface area contributed by atoms with Crippen molar-refractivity contribution in [1.29, 1.82) is 0 Å². The Hall–Kier alpha value is -3.10. The summed E-state index contributed by atoms with van der Waals surface area (Å²) in [6, 6.07) is 6.05. The molecule has 1 aromatic carbocycles. The molecule has 154 valence electrons. The number of aryl methyl sites for hydroxylation is 5. The number of anilines is 1. The molecule has 9 heteroatoms. The van der Waals surface area contributed by atoms with Gasteiger partial charge in [0.1, 0.15) is 0 Å². The second-order valence-corrected chi connectivity index (χ2v) is 7.05. The molecule has 2 heterocycles. The topological polar surface area (TPSA) is 68.9 Å². The second kappa shape index (κ2) is 7.38. The summed E-state index contributed by atoms with van der Waals surface area (Å²) in [5, 5.41) is 6.69. The van der Waals surface area contributed by atoms with E-state index in [4.69, 9.17) is 0 Å². The number of rotatable bonds is 4. The van der Waals surface area contributed by atoms with Gasteiger partial charge in [0.15, 0.2) is 5.65 Å². The first-order chi connectivity index (χ1) is 13.5. The fourth-order valence-electron chi connectivity index (χ4n) is 3.17. The normalized spacial score (nSPS) is 11.8. The van der Waals surface area contributed by atoms with E-state index in [1.807, 2.05) is 26.0 Å². The van der Waals surface area contributed by atoms with Crippen LogP contribution in [0.3, 0.4) is 0 Å². The molecule has 0 radical (unpaired) electrons. The number of pyridine rings is 1. The van der Waals surface area contributed by atoms with E-state index in [0.29, 0.717) is 17.4 Å². The van der Waals surface area contributed by atoms with Crippen molar-refractivity contribution in [3.8, 4) is 0 Å². The number of carbonyl (C=O) groups excluding carboxylic acids is 1. The van der Waals surface area contributed by atoms with E-state index in [1.54, 1.807) is 6.07 Å². The third-order valence-electron chi connectivity index (χ3n) is 5.03. The van der Waals surface area contributed by atoms with Crippen molar-refractivity contribution in [2.24, 2.45) is 7.05 Å². The summed E-state index contributed by atoms with van der Waals surface area (Å²) in [5.74, 6) is -0.346. The number of aromatic nitrogens is 3. The lowest BCUT2D eigenvalue weighted by Crippen LogP contribution is -2.25. The molecule has 0 aliphatic carbocycles. The smallest absolute Gasteiger partial charge is 0.326 e. The number of amides is 1. The highest BCUT2D eigenvalue weighted by Crippen LogP contribution is 2.35. The average molecular weight is 406 g/mol. The molecular weight excluding hydrogens is 385 g/mol. The van der Waals surface area contributed by atoms with Gasteiger partial charge in [0.05, 0.1) is 10.9 Å². The average Bonchev–Trinajstić information content (AvgIpc) is 2.91. The van der Waals surface area contributed by atoms with Gasteiger partial charge in [0, 0.05) is 37.5 Å². The zero-order valence-corrected chi connectivity index (χ0v) is 16.5. The van der Waals surface area contributed by atoms with E-state index in [1.165, 1.54) is 18.7 Å². The summed E-state index contributed by atoms with van der Waals surface area (Å²) in [4.78, 5) is 24.7. The Balaban J connectivity index is 1.89. The molecule has 1 N–H and O–H groups in total. The van der Waals surface area contributed by atoms with Crippen LogP contribution in [0, 0.1) is 20.8 Å². The number of hydrogen-bond acceptors (Lipinski definition) is 3. The predicted molar refractivity (Wildman–Crippen MR) is 104 cm³/mol. The first-order valence-corrected chi connectivity index (χ1v) is 9.00. The minimum absolute atomic E-state index is 0.0798. The maximum atomic E-state index is 13.4. The minimum atomic E-state index is -4.68. The van der Waals surface area contributed by atoms with Crippen LogP contribution in [-0.4, -0.2) is 20.3 Å². The Bertz CT molecular complexity index is 1160. The lowest BCUT2D eigenvalue weighted by atomic mass is 10.1. The monoisotopic (exact) mass is 406 g/mol. The van der Waals surface area contributed by atoms with Gasteiger partial charge in [-0.05, 0) is 44.0 Å². The predicted octanol–water partition coefficient (Wildman–Crippen LogP) is 3.71. The van der Waals surface area contributed by atoms with Crippen molar-refractivity contribution in [2.75, 3.05) is 5.32 Å². The van der Waals surface area contributed by atoms with Crippen molar-refractivity contribution < 1.29 is 18.0 Å². The summed E-state index contributed by atoms with van der Waals surface area (Å²) in [5.41, 5.74) is 1.08. The summed E-state index contributed by atoms with van der Waals surface area (Å²) in [7, 11) is 1.51. The molecule has 0 atom stereocenters. The van der Waals surface area contributed by atoms with Gasteiger partial charge in [-0.3, -0.25) is 18.8 Å². The highest BCUT2D eigenvalue weighted by molar-refractivity contribution is 5.91. The SMILES string of the molecule is Cc1ccc(NC(=O)CCn2c(=O)cc(C(F)(F)F)c3c(C)n(C)nc32)cc1C. The van der Waals surface area contributed by atoms with Crippen LogP contribution in [0.1, 0.15) is 28.8 Å². The van der Waals surface area contributed by atoms with E-state index in [2.05, 4.69) is 10.4 Å². The van der Waals surface area contributed by atoms with E-state index in [-0.39, 0.29) is 29.9 Å². The quantitative estimate of drug-likeness (QED) is 0.718. The Morgan fingerprint density at radius 3 is 2.45 bits per heavy atom. The van der Waals surface area contributed by atoms with Crippen molar-refractivity contribution in [3.63, 3.8) is 0 Å². The van der Waals surface area contributed by atoms with Crippen molar-refractivity contribution in [1.82, 2.24) is 14.3 Å². The minimum Gasteiger partial charge on any atom is -0.326 e. The van der Waals surface area contributed by atoms with Crippen LogP contribution < -0.4 is 10.9 Å². The number of carbonyl (C=O) groups is 1. The molecule has 2 aromatic heterocycles. The molecular formula is C20H21F3N4O2. The van der Waals surface area contributed by atoms with Crippen molar-refractivity contribution >= 4 is 22.6 Å². The molecule has 0 fully saturated rings. The van der Waals surface area contributed by atoms with Crippen LogP contribution in [0.2, 0.25) is 0 Å². The zero-order chi connectivity index (χ0) is 21.5. The molecule has 0 aliphatic rings. The third-order valence-corrected chi connectivity index (χ3v) is 5.03. The number of nitrogens with one attached hydrogen (secondary N) is 1. The Morgan fingerprint density at radius 2 is 1.83 bits per heavy atom. The molecule has 1 amide bonds. The second-order valence-electron chi connectivity index (χ2n) is 7.05. The first-order valence-electron chi connectivity index (χ1n) is 9.00. The lowest BCUT2D eigenvalue weighted by Gasteiger charge is -2.12. The Morgan fingerprint density at radius 1 is 1.14 bits per heavy atom. The number of nitrogens with zero attached hydrogens (tertiary/aromatic N) is 3. The summed E-state index contributed by atoms with van der Waals surface area (Å²) < 4.78 is 42.6. The largest absolute Gasteiger partial charge is 0.417 e. The molecule has 0 saturated heterocycles. The summed E-state index contributed by atoms with van der Waals surface area (Å²) in [6.45, 7) is 5.30. The molecule has 0 aliphatic heterocycles. The first kappa shape index (κ1) is 20.6. The van der Waals surface area contributed by atoms with Gasteiger partial charge in [-0.15, -0.1) is 0 Å². The summed E-state index contributed by atoms with van der Waals surface area (Å²) in [6.07, 6.45) is -4.76. The maximum Gasteiger partial charge on any atom is 0.417 e. The van der Waals surface area contributed by atoms with Crippen LogP contribution >= 0.6 is 0 Å². The van der Waals surface area contributed by atoms with Gasteiger partial charge >= 0.3 is 6.18 Å². The number of alkyl halides is 3. The van der Waals surface area contributed by atoms with Gasteiger partial charge in [0.2, 0.25) is 5.91 Å². The van der Waals surface area contributed by atoms with Crippen molar-refractivity contribution in [3.05, 3.63) is 57.0 Å². The highest BCUT2D eigenvalue weighted by Gasteiger charge is 2.35. The standard InChI is InChI=1S/C20H21F3N4O2/c1-11-5-6-14(9-12(11)2)24-16(28)7-8-27-17(29)10-15(20(21,22)23)18-13(3)26(4)25-19(18)27/h5-6,9-10H,7-8H2,1-4H3,(H,24,28). The fourth-order valence-corrected chi connectivity index (χ4v) is 3.17. The molecule has 3 rings (SSSR count). The van der Waals surface area contributed by atoms with E-state index in [9.17, 15) is 22.8 Å². The van der Waals surface area contributed by atoms with E-state index < -0.39 is 17.3 Å². The van der Waals surface area contributed by atoms with Gasteiger partial charge in [0.25, 0.3) is 5.56 Å². The number of benzene rings is 1. The van der Waals surface area contributed by atoms with Crippen LogP contribution in [0.4, 0.5) is 18.9 Å². The van der Waals surface area contributed by atoms with Crippen LogP contribution in [0.25, 0.3) is 11.0 Å². The van der Waals surface area contributed by atoms with Crippen molar-refractivity contribution in [2.45, 2.75) is 39.9 Å². The fraction of sp³-hybridized carbons (Fsp3) is 0.350. The van der Waals surface area contributed by atoms with E-state index >= 15 is 0 Å². The zero-order valence-electron chi connectivity index (χ0n) is 16.5. The number of fused-ring (bicyclic) bond motifs is 1. The van der Waals surface area contributed by atoms with Crippen LogP contribution in [0.15, 0.2) is 29.1 Å². The molecule has 0 saturated carbocycles. The van der Waals surface area contributed by atoms with Crippen LogP contribution in [0.5, 0.6) is 0 Å². The van der Waals surface area contributed by atoms with Gasteiger partial charge in [-0.2, -0.15) is 18.3 Å². The van der Waals surface area contributed by atoms with Gasteiger partial charge < -0.3 is 5.32 Å². The van der Waals surface area contributed by atoms with Crippen LogP contribution in [-0.2, 0) is 24.6 Å². The Kier molecular flexibility index (Phi) is 5.25. The van der Waals surface area contributed by atoms with E-state index in [0.717, 1.165) is 15.7 Å². The van der Waals surface area contributed by atoms with Gasteiger partial charge in [-0.1, -0.05) is 6.07 Å². The Labute approximate surface area is 164 Å². The molecule has 3 aromatic rings. The number of hydrogen-bond donors (Lipinski definition) is 1. The van der Waals surface area contributed by atoms with Gasteiger partial charge in [-0.25, -0.2) is 0 Å².